The number of fused-ring (bicyclic) bond motifs is 1. The van der Waals surface area contributed by atoms with E-state index in [-0.39, 0.29) is 5.78 Å². The van der Waals surface area contributed by atoms with E-state index in [1.54, 1.807) is 0 Å². The molecule has 3 rings (SSSR count). The van der Waals surface area contributed by atoms with Crippen molar-refractivity contribution in [1.29, 1.82) is 0 Å². The van der Waals surface area contributed by atoms with Gasteiger partial charge in [-0.1, -0.05) is 0 Å². The Kier molecular flexibility index (Phi) is 2.47. The Bertz CT molecular complexity index is 496. The highest BCUT2D eigenvalue weighted by molar-refractivity contribution is 5.94. The molecule has 18 heavy (non-hydrogen) atoms. The summed E-state index contributed by atoms with van der Waals surface area (Å²) in [6, 6.07) is 5.88. The Morgan fingerprint density at radius 2 is 1.89 bits per heavy atom. The van der Waals surface area contributed by atoms with Crippen molar-refractivity contribution in [2.75, 3.05) is 24.7 Å². The number of ketones is 1. The number of hydrogen-bond donors (Lipinski definition) is 0. The van der Waals surface area contributed by atoms with Crippen LogP contribution < -0.4 is 14.4 Å². The molecule has 0 aliphatic carbocycles. The maximum absolute atomic E-state index is 11.9. The number of carbonyl (C=O) groups is 1. The van der Waals surface area contributed by atoms with Crippen LogP contribution in [0.3, 0.4) is 0 Å². The Morgan fingerprint density at radius 1 is 1.17 bits per heavy atom. The van der Waals surface area contributed by atoms with Crippen molar-refractivity contribution in [1.82, 2.24) is 0 Å². The Balaban J connectivity index is 1.96. The number of carbonyl (C=O) groups excluding carboxylic acids is 1. The molecule has 0 saturated carbocycles. The molecule has 0 radical (unpaired) electrons. The van der Waals surface area contributed by atoms with E-state index in [0.29, 0.717) is 19.6 Å². The summed E-state index contributed by atoms with van der Waals surface area (Å²) in [6.07, 6.45) is 0.613. The fourth-order valence-corrected chi connectivity index (χ4v) is 2.60. The van der Waals surface area contributed by atoms with Crippen molar-refractivity contribution in [2.24, 2.45) is 0 Å². The van der Waals surface area contributed by atoms with Crippen molar-refractivity contribution < 1.29 is 14.3 Å². The molecule has 2 aliphatic heterocycles. The molecule has 1 aromatic rings. The topological polar surface area (TPSA) is 38.8 Å². The van der Waals surface area contributed by atoms with Gasteiger partial charge in [-0.2, -0.15) is 0 Å². The summed E-state index contributed by atoms with van der Waals surface area (Å²) in [5.41, 5.74) is 0.596. The first-order valence-corrected chi connectivity index (χ1v) is 6.29. The van der Waals surface area contributed by atoms with Crippen LogP contribution in [0.5, 0.6) is 11.5 Å². The zero-order valence-corrected chi connectivity index (χ0v) is 10.7. The number of hydrogen-bond acceptors (Lipinski definition) is 4. The van der Waals surface area contributed by atoms with Crippen molar-refractivity contribution in [3.8, 4) is 11.5 Å². The van der Waals surface area contributed by atoms with Gasteiger partial charge in [-0.15, -0.1) is 0 Å². The second-order valence-electron chi connectivity index (χ2n) is 5.21. The lowest BCUT2D eigenvalue weighted by Crippen LogP contribution is -2.42. The molecule has 0 spiro atoms. The van der Waals surface area contributed by atoms with E-state index < -0.39 is 5.54 Å². The fraction of sp³-hybridized carbons (Fsp3) is 0.500. The third-order valence-electron chi connectivity index (χ3n) is 3.76. The molecule has 2 aliphatic rings. The molecule has 0 unspecified atom stereocenters. The predicted molar refractivity (Wildman–Crippen MR) is 68.5 cm³/mol. The van der Waals surface area contributed by atoms with Crippen LogP contribution in [0, 0.1) is 0 Å². The van der Waals surface area contributed by atoms with Gasteiger partial charge in [0.05, 0.1) is 5.54 Å². The van der Waals surface area contributed by atoms with Crippen molar-refractivity contribution in [3.05, 3.63) is 18.2 Å². The lowest BCUT2D eigenvalue weighted by atomic mass is 10.00. The lowest BCUT2D eigenvalue weighted by Gasteiger charge is -2.32. The maximum atomic E-state index is 11.9. The quantitative estimate of drug-likeness (QED) is 0.761. The van der Waals surface area contributed by atoms with Gasteiger partial charge in [-0.25, -0.2) is 0 Å². The summed E-state index contributed by atoms with van der Waals surface area (Å²) in [4.78, 5) is 14.0. The first kappa shape index (κ1) is 11.4. The molecule has 1 aromatic carbocycles. The molecule has 1 fully saturated rings. The number of benzene rings is 1. The minimum Gasteiger partial charge on any atom is -0.486 e. The molecule has 0 amide bonds. The Labute approximate surface area is 106 Å². The smallest absolute Gasteiger partial charge is 0.163 e. The molecular formula is C14H17NO3. The Morgan fingerprint density at radius 3 is 2.56 bits per heavy atom. The highest BCUT2D eigenvalue weighted by Gasteiger charge is 2.40. The molecule has 0 N–H and O–H groups in total. The van der Waals surface area contributed by atoms with E-state index >= 15 is 0 Å². The molecule has 4 nitrogen and oxygen atoms in total. The van der Waals surface area contributed by atoms with E-state index in [4.69, 9.17) is 9.47 Å². The van der Waals surface area contributed by atoms with Crippen LogP contribution in [0.15, 0.2) is 18.2 Å². The Hall–Kier alpha value is -1.71. The van der Waals surface area contributed by atoms with Crippen molar-refractivity contribution in [3.63, 3.8) is 0 Å². The predicted octanol–water partition coefficient (Wildman–Crippen LogP) is 2.02. The standard InChI is InChI=1S/C14H17NO3/c1-14(2)13(16)5-6-15(14)10-3-4-11-12(9-10)18-8-7-17-11/h3-4,9H,5-8H2,1-2H3. The molecule has 4 heteroatoms. The molecule has 0 aromatic heterocycles. The van der Waals surface area contributed by atoms with Gasteiger partial charge in [0.2, 0.25) is 0 Å². The highest BCUT2D eigenvalue weighted by atomic mass is 16.6. The van der Waals surface area contributed by atoms with Crippen LogP contribution in [0.2, 0.25) is 0 Å². The van der Waals surface area contributed by atoms with Gasteiger partial charge in [0.15, 0.2) is 17.3 Å². The number of ether oxygens (including phenoxy) is 2. The van der Waals surface area contributed by atoms with Gasteiger partial charge in [0.25, 0.3) is 0 Å². The minimum atomic E-state index is -0.427. The van der Waals surface area contributed by atoms with Crippen molar-refractivity contribution in [2.45, 2.75) is 25.8 Å². The largest absolute Gasteiger partial charge is 0.486 e. The van der Waals surface area contributed by atoms with Crippen LogP contribution in [0.1, 0.15) is 20.3 Å². The van der Waals surface area contributed by atoms with Gasteiger partial charge in [-0.3, -0.25) is 4.79 Å². The van der Waals surface area contributed by atoms with E-state index in [9.17, 15) is 4.79 Å². The summed E-state index contributed by atoms with van der Waals surface area (Å²) >= 11 is 0. The number of Topliss-reactive ketones (excluding diaryl/α,β-unsaturated/α-hetero) is 1. The monoisotopic (exact) mass is 247 g/mol. The van der Waals surface area contributed by atoms with Crippen molar-refractivity contribution >= 4 is 11.5 Å². The second-order valence-corrected chi connectivity index (χ2v) is 5.21. The maximum Gasteiger partial charge on any atom is 0.163 e. The molecular weight excluding hydrogens is 230 g/mol. The zero-order valence-electron chi connectivity index (χ0n) is 10.7. The number of nitrogens with zero attached hydrogens (tertiary/aromatic N) is 1. The summed E-state index contributed by atoms with van der Waals surface area (Å²) < 4.78 is 11.1. The molecule has 0 bridgehead atoms. The third-order valence-corrected chi connectivity index (χ3v) is 3.76. The average Bonchev–Trinajstić information content (AvgIpc) is 2.64. The van der Waals surface area contributed by atoms with Gasteiger partial charge >= 0.3 is 0 Å². The zero-order chi connectivity index (χ0) is 12.8. The van der Waals surface area contributed by atoms with E-state index in [1.165, 1.54) is 0 Å². The summed E-state index contributed by atoms with van der Waals surface area (Å²) in [7, 11) is 0. The summed E-state index contributed by atoms with van der Waals surface area (Å²) in [6.45, 7) is 5.89. The van der Waals surface area contributed by atoms with Crippen LogP contribution in [0.25, 0.3) is 0 Å². The minimum absolute atomic E-state index is 0.289. The summed E-state index contributed by atoms with van der Waals surface area (Å²) in [5.74, 6) is 1.85. The number of anilines is 1. The fourth-order valence-electron chi connectivity index (χ4n) is 2.60. The van der Waals surface area contributed by atoms with E-state index in [1.807, 2.05) is 32.0 Å². The number of rotatable bonds is 1. The highest BCUT2D eigenvalue weighted by Crippen LogP contribution is 2.38. The first-order chi connectivity index (χ1) is 8.59. The third kappa shape index (κ3) is 1.64. The average molecular weight is 247 g/mol. The van der Waals surface area contributed by atoms with Gasteiger partial charge in [0.1, 0.15) is 13.2 Å². The molecule has 0 atom stereocenters. The van der Waals surface area contributed by atoms with E-state index in [0.717, 1.165) is 23.7 Å². The van der Waals surface area contributed by atoms with Crippen LogP contribution in [0.4, 0.5) is 5.69 Å². The van der Waals surface area contributed by atoms with E-state index in [2.05, 4.69) is 4.90 Å². The molecule has 96 valence electrons. The molecule has 1 saturated heterocycles. The van der Waals surface area contributed by atoms with Gasteiger partial charge < -0.3 is 14.4 Å². The van der Waals surface area contributed by atoms with Gasteiger partial charge in [0, 0.05) is 24.7 Å². The van der Waals surface area contributed by atoms with Crippen LogP contribution >= 0.6 is 0 Å². The second kappa shape index (κ2) is 3.90. The van der Waals surface area contributed by atoms with Gasteiger partial charge in [-0.05, 0) is 26.0 Å². The summed E-state index contributed by atoms with van der Waals surface area (Å²) in [5, 5.41) is 0. The lowest BCUT2D eigenvalue weighted by molar-refractivity contribution is -0.120. The molecule has 2 heterocycles. The normalized spacial score (nSPS) is 21.2. The SMILES string of the molecule is CC1(C)C(=O)CCN1c1ccc2c(c1)OCCO2. The van der Waals surface area contributed by atoms with Crippen LogP contribution in [-0.4, -0.2) is 31.1 Å². The van der Waals surface area contributed by atoms with Crippen LogP contribution in [-0.2, 0) is 4.79 Å². The first-order valence-electron chi connectivity index (χ1n) is 6.29.